The van der Waals surface area contributed by atoms with Gasteiger partial charge in [0.1, 0.15) is 11.6 Å². The van der Waals surface area contributed by atoms with Gasteiger partial charge in [-0.15, -0.1) is 0 Å². The summed E-state index contributed by atoms with van der Waals surface area (Å²) in [5, 5.41) is 3.05. The van der Waals surface area contributed by atoms with Crippen molar-refractivity contribution >= 4 is 17.5 Å². The lowest BCUT2D eigenvalue weighted by molar-refractivity contribution is 0.0939. The fraction of sp³-hybridized carbons (Fsp3) is 0.200. The normalized spacial score (nSPS) is 11.8. The fourth-order valence-electron chi connectivity index (χ4n) is 1.94. The number of halogens is 2. The predicted octanol–water partition coefficient (Wildman–Crippen LogP) is 3.37. The standard InChI is InChI=1S/C15H14ClFN2O2/c1-9(11-7-10(17)3-4-14(11)21-2)19-15(20)12-8-18-6-5-13(12)16/h3-9H,1-2H3,(H,19,20). The number of nitrogens with one attached hydrogen (secondary N) is 1. The van der Waals surface area contributed by atoms with E-state index in [4.69, 9.17) is 16.3 Å². The molecule has 0 saturated carbocycles. The van der Waals surface area contributed by atoms with Crippen molar-refractivity contribution in [2.24, 2.45) is 0 Å². The number of amides is 1. The van der Waals surface area contributed by atoms with E-state index in [1.165, 1.54) is 43.8 Å². The molecule has 1 aromatic heterocycles. The smallest absolute Gasteiger partial charge is 0.254 e. The number of aromatic nitrogens is 1. The predicted molar refractivity (Wildman–Crippen MR) is 78.1 cm³/mol. The van der Waals surface area contributed by atoms with Crippen molar-refractivity contribution in [3.63, 3.8) is 0 Å². The average molecular weight is 309 g/mol. The molecule has 0 aliphatic carbocycles. The summed E-state index contributed by atoms with van der Waals surface area (Å²) < 4.78 is 18.5. The first kappa shape index (κ1) is 15.3. The zero-order chi connectivity index (χ0) is 15.4. The highest BCUT2D eigenvalue weighted by Gasteiger charge is 2.17. The molecular formula is C15H14ClFN2O2. The van der Waals surface area contributed by atoms with E-state index in [1.54, 1.807) is 6.92 Å². The summed E-state index contributed by atoms with van der Waals surface area (Å²) >= 11 is 5.95. The Morgan fingerprint density at radius 2 is 2.19 bits per heavy atom. The molecule has 1 amide bonds. The van der Waals surface area contributed by atoms with Crippen LogP contribution in [0.1, 0.15) is 28.9 Å². The van der Waals surface area contributed by atoms with E-state index in [-0.39, 0.29) is 11.5 Å². The minimum Gasteiger partial charge on any atom is -0.496 e. The highest BCUT2D eigenvalue weighted by Crippen LogP contribution is 2.26. The van der Waals surface area contributed by atoms with Crippen LogP contribution in [0.5, 0.6) is 5.75 Å². The van der Waals surface area contributed by atoms with E-state index in [1.807, 2.05) is 0 Å². The molecule has 0 aliphatic heterocycles. The summed E-state index contributed by atoms with van der Waals surface area (Å²) in [6, 6.07) is 5.23. The molecular weight excluding hydrogens is 295 g/mol. The molecule has 0 spiro atoms. The van der Waals surface area contributed by atoms with Gasteiger partial charge < -0.3 is 10.1 Å². The van der Waals surface area contributed by atoms with E-state index in [2.05, 4.69) is 10.3 Å². The monoisotopic (exact) mass is 308 g/mol. The van der Waals surface area contributed by atoms with E-state index >= 15 is 0 Å². The summed E-state index contributed by atoms with van der Waals surface area (Å²) in [5.41, 5.74) is 0.812. The molecule has 0 aliphatic rings. The summed E-state index contributed by atoms with van der Waals surface area (Å²) in [6.07, 6.45) is 2.88. The number of carbonyl (C=O) groups is 1. The molecule has 6 heteroatoms. The van der Waals surface area contributed by atoms with Crippen LogP contribution in [0.4, 0.5) is 4.39 Å². The number of methoxy groups -OCH3 is 1. The largest absolute Gasteiger partial charge is 0.496 e. The second-order valence-electron chi connectivity index (χ2n) is 4.44. The Balaban J connectivity index is 2.22. The van der Waals surface area contributed by atoms with Crippen LogP contribution < -0.4 is 10.1 Å². The van der Waals surface area contributed by atoms with E-state index in [0.29, 0.717) is 16.3 Å². The van der Waals surface area contributed by atoms with Gasteiger partial charge in [-0.3, -0.25) is 9.78 Å². The van der Waals surface area contributed by atoms with Gasteiger partial charge in [0.15, 0.2) is 0 Å². The molecule has 110 valence electrons. The van der Waals surface area contributed by atoms with Crippen LogP contribution >= 0.6 is 11.6 Å². The van der Waals surface area contributed by atoms with Gasteiger partial charge in [-0.05, 0) is 31.2 Å². The molecule has 0 saturated heterocycles. The molecule has 1 atom stereocenters. The van der Waals surface area contributed by atoms with Gasteiger partial charge in [-0.2, -0.15) is 0 Å². The molecule has 1 aromatic carbocycles. The summed E-state index contributed by atoms with van der Waals surface area (Å²) in [6.45, 7) is 1.74. The number of ether oxygens (including phenoxy) is 1. The third-order valence-corrected chi connectivity index (χ3v) is 3.35. The van der Waals surface area contributed by atoms with Gasteiger partial charge in [0.25, 0.3) is 5.91 Å². The van der Waals surface area contributed by atoms with Crippen LogP contribution in [0.2, 0.25) is 5.02 Å². The zero-order valence-corrected chi connectivity index (χ0v) is 12.3. The lowest BCUT2D eigenvalue weighted by Crippen LogP contribution is -2.27. The molecule has 21 heavy (non-hydrogen) atoms. The number of rotatable bonds is 4. The van der Waals surface area contributed by atoms with E-state index in [9.17, 15) is 9.18 Å². The Morgan fingerprint density at radius 3 is 2.86 bits per heavy atom. The highest BCUT2D eigenvalue weighted by molar-refractivity contribution is 6.33. The number of benzene rings is 1. The molecule has 0 radical (unpaired) electrons. The first-order chi connectivity index (χ1) is 10.0. The summed E-state index contributed by atoms with van der Waals surface area (Å²) in [4.78, 5) is 16.0. The Morgan fingerprint density at radius 1 is 1.43 bits per heavy atom. The first-order valence-electron chi connectivity index (χ1n) is 6.26. The number of hydrogen-bond acceptors (Lipinski definition) is 3. The summed E-state index contributed by atoms with van der Waals surface area (Å²) in [5.74, 6) is -0.278. The lowest BCUT2D eigenvalue weighted by Gasteiger charge is -2.17. The molecule has 1 N–H and O–H groups in total. The number of carbonyl (C=O) groups excluding carboxylic acids is 1. The van der Waals surface area contributed by atoms with Gasteiger partial charge in [0.2, 0.25) is 0 Å². The molecule has 0 bridgehead atoms. The highest BCUT2D eigenvalue weighted by atomic mass is 35.5. The SMILES string of the molecule is COc1ccc(F)cc1C(C)NC(=O)c1cnccc1Cl. The third-order valence-electron chi connectivity index (χ3n) is 3.02. The maximum atomic E-state index is 13.4. The first-order valence-corrected chi connectivity index (χ1v) is 6.64. The van der Waals surface area contributed by atoms with Crippen molar-refractivity contribution in [1.82, 2.24) is 10.3 Å². The van der Waals surface area contributed by atoms with Crippen molar-refractivity contribution in [2.45, 2.75) is 13.0 Å². The average Bonchev–Trinajstić information content (AvgIpc) is 2.47. The topological polar surface area (TPSA) is 51.2 Å². The van der Waals surface area contributed by atoms with Crippen molar-refractivity contribution in [2.75, 3.05) is 7.11 Å². The molecule has 2 rings (SSSR count). The quantitative estimate of drug-likeness (QED) is 0.942. The van der Waals surface area contributed by atoms with Crippen molar-refractivity contribution in [3.05, 3.63) is 58.6 Å². The molecule has 0 fully saturated rings. The number of nitrogens with zero attached hydrogens (tertiary/aromatic N) is 1. The lowest BCUT2D eigenvalue weighted by atomic mass is 10.1. The summed E-state index contributed by atoms with van der Waals surface area (Å²) in [7, 11) is 1.49. The molecule has 2 aromatic rings. The van der Waals surface area contributed by atoms with Crippen molar-refractivity contribution < 1.29 is 13.9 Å². The van der Waals surface area contributed by atoms with Crippen LogP contribution in [-0.2, 0) is 0 Å². The van der Waals surface area contributed by atoms with Gasteiger partial charge >= 0.3 is 0 Å². The molecule has 1 unspecified atom stereocenters. The Kier molecular flexibility index (Phi) is 4.75. The molecule has 4 nitrogen and oxygen atoms in total. The van der Waals surface area contributed by atoms with E-state index < -0.39 is 11.9 Å². The second kappa shape index (κ2) is 6.54. The van der Waals surface area contributed by atoms with Crippen LogP contribution in [0.25, 0.3) is 0 Å². The van der Waals surface area contributed by atoms with Crippen molar-refractivity contribution in [3.8, 4) is 5.75 Å². The Labute approximate surface area is 126 Å². The van der Waals surface area contributed by atoms with Gasteiger partial charge in [-0.25, -0.2) is 4.39 Å². The maximum absolute atomic E-state index is 13.4. The van der Waals surface area contributed by atoms with Gasteiger partial charge in [-0.1, -0.05) is 11.6 Å². The maximum Gasteiger partial charge on any atom is 0.254 e. The number of pyridine rings is 1. The van der Waals surface area contributed by atoms with Gasteiger partial charge in [0.05, 0.1) is 23.7 Å². The van der Waals surface area contributed by atoms with Gasteiger partial charge in [0, 0.05) is 18.0 Å². The second-order valence-corrected chi connectivity index (χ2v) is 4.84. The van der Waals surface area contributed by atoms with Crippen molar-refractivity contribution in [1.29, 1.82) is 0 Å². The van der Waals surface area contributed by atoms with Crippen LogP contribution in [0.3, 0.4) is 0 Å². The third kappa shape index (κ3) is 3.49. The fourth-order valence-corrected chi connectivity index (χ4v) is 2.13. The molecule has 1 heterocycles. The Hall–Kier alpha value is -2.14. The minimum absolute atomic E-state index is 0.265. The zero-order valence-electron chi connectivity index (χ0n) is 11.6. The van der Waals surface area contributed by atoms with Crippen LogP contribution in [0, 0.1) is 5.82 Å². The Bertz CT molecular complexity index is 664. The number of hydrogen-bond donors (Lipinski definition) is 1. The minimum atomic E-state index is -0.445. The van der Waals surface area contributed by atoms with Crippen LogP contribution in [0.15, 0.2) is 36.7 Å². The van der Waals surface area contributed by atoms with E-state index in [0.717, 1.165) is 0 Å². The van der Waals surface area contributed by atoms with Crippen LogP contribution in [-0.4, -0.2) is 18.0 Å².